The van der Waals surface area contributed by atoms with Crippen LogP contribution in [-0.4, -0.2) is 34.4 Å². The Morgan fingerprint density at radius 3 is 2.74 bits per heavy atom. The summed E-state index contributed by atoms with van der Waals surface area (Å²) in [6.07, 6.45) is 0. The number of amides is 1. The molecular weight excluding hydrogens is 330 g/mol. The van der Waals surface area contributed by atoms with Gasteiger partial charge in [-0.05, 0) is 17.7 Å². The number of thioether (sulfide) groups is 1. The molecule has 0 aromatic heterocycles. The van der Waals surface area contributed by atoms with Crippen molar-refractivity contribution in [1.82, 2.24) is 4.90 Å². The first-order chi connectivity index (χ1) is 9.11. The summed E-state index contributed by atoms with van der Waals surface area (Å²) in [5.74, 6) is 0.874. The van der Waals surface area contributed by atoms with Gasteiger partial charge in [-0.3, -0.25) is 9.59 Å². The highest BCUT2D eigenvalue weighted by Gasteiger charge is 2.32. The number of carbonyl (C=O) groups excluding carboxylic acids is 2. The summed E-state index contributed by atoms with van der Waals surface area (Å²) in [6, 6.07) is 7.31. The van der Waals surface area contributed by atoms with Crippen LogP contribution in [0.5, 0.6) is 5.75 Å². The standard InChI is InChI=1S/C13H14BrNO3S/c1-9(16)18-11-4-2-10(3-5-11)13-15(7-6-14)12(17)8-19-13/h2-5,13H,6-8H2,1H3. The van der Waals surface area contributed by atoms with Crippen LogP contribution in [0.3, 0.4) is 0 Å². The molecule has 1 aliphatic heterocycles. The number of esters is 1. The highest BCUT2D eigenvalue weighted by atomic mass is 79.9. The van der Waals surface area contributed by atoms with Gasteiger partial charge >= 0.3 is 5.97 Å². The molecule has 1 amide bonds. The molecule has 1 saturated heterocycles. The van der Waals surface area contributed by atoms with Gasteiger partial charge in [-0.2, -0.15) is 0 Å². The Bertz CT molecular complexity index is 477. The van der Waals surface area contributed by atoms with Crippen LogP contribution in [0.4, 0.5) is 0 Å². The summed E-state index contributed by atoms with van der Waals surface area (Å²) >= 11 is 4.98. The molecule has 0 radical (unpaired) electrons. The Labute approximate surface area is 124 Å². The fourth-order valence-corrected chi connectivity index (χ4v) is 3.53. The minimum absolute atomic E-state index is 0.0522. The Hall–Kier alpha value is -1.01. The summed E-state index contributed by atoms with van der Waals surface area (Å²) in [7, 11) is 0. The predicted molar refractivity (Wildman–Crippen MR) is 78.5 cm³/mol. The topological polar surface area (TPSA) is 46.6 Å². The number of halogens is 1. The first kappa shape index (κ1) is 14.4. The summed E-state index contributed by atoms with van der Waals surface area (Å²) in [5, 5.41) is 0.817. The number of rotatable bonds is 4. The fraction of sp³-hybridized carbons (Fsp3) is 0.385. The third-order valence-electron chi connectivity index (χ3n) is 2.72. The first-order valence-corrected chi connectivity index (χ1v) is 8.04. The number of nitrogens with zero attached hydrogens (tertiary/aromatic N) is 1. The number of benzene rings is 1. The van der Waals surface area contributed by atoms with Gasteiger partial charge in [-0.25, -0.2) is 0 Å². The molecule has 1 heterocycles. The minimum Gasteiger partial charge on any atom is -0.427 e. The van der Waals surface area contributed by atoms with Crippen molar-refractivity contribution in [3.8, 4) is 5.75 Å². The van der Waals surface area contributed by atoms with Gasteiger partial charge in [0.2, 0.25) is 5.91 Å². The molecule has 0 bridgehead atoms. The molecule has 0 saturated carbocycles. The van der Waals surface area contributed by atoms with Crippen LogP contribution in [0, 0.1) is 0 Å². The highest BCUT2D eigenvalue weighted by molar-refractivity contribution is 9.09. The van der Waals surface area contributed by atoms with E-state index in [-0.39, 0.29) is 17.3 Å². The van der Waals surface area contributed by atoms with Gasteiger partial charge in [0.25, 0.3) is 0 Å². The van der Waals surface area contributed by atoms with E-state index in [0.29, 0.717) is 18.0 Å². The van der Waals surface area contributed by atoms with Crippen molar-refractivity contribution >= 4 is 39.6 Å². The number of hydrogen-bond donors (Lipinski definition) is 0. The number of hydrogen-bond acceptors (Lipinski definition) is 4. The zero-order chi connectivity index (χ0) is 13.8. The van der Waals surface area contributed by atoms with Crippen LogP contribution >= 0.6 is 27.7 Å². The summed E-state index contributed by atoms with van der Waals surface area (Å²) in [4.78, 5) is 24.5. The van der Waals surface area contributed by atoms with Crippen molar-refractivity contribution in [3.63, 3.8) is 0 Å². The second-order valence-corrected chi connectivity index (χ2v) is 5.96. The Morgan fingerprint density at radius 2 is 2.16 bits per heavy atom. The normalized spacial score (nSPS) is 18.7. The van der Waals surface area contributed by atoms with E-state index in [2.05, 4.69) is 15.9 Å². The van der Waals surface area contributed by atoms with Crippen molar-refractivity contribution in [2.45, 2.75) is 12.3 Å². The lowest BCUT2D eigenvalue weighted by Crippen LogP contribution is -2.29. The molecule has 1 atom stereocenters. The largest absolute Gasteiger partial charge is 0.427 e. The van der Waals surface area contributed by atoms with Crippen LogP contribution in [-0.2, 0) is 9.59 Å². The van der Waals surface area contributed by atoms with Crippen LogP contribution in [0.25, 0.3) is 0 Å². The van der Waals surface area contributed by atoms with Crippen molar-refractivity contribution in [2.24, 2.45) is 0 Å². The maximum absolute atomic E-state index is 11.8. The van der Waals surface area contributed by atoms with Crippen molar-refractivity contribution < 1.29 is 14.3 Å². The van der Waals surface area contributed by atoms with Gasteiger partial charge in [0.15, 0.2) is 0 Å². The lowest BCUT2D eigenvalue weighted by atomic mass is 10.2. The molecule has 102 valence electrons. The van der Waals surface area contributed by atoms with Gasteiger partial charge in [-0.1, -0.05) is 28.1 Å². The van der Waals surface area contributed by atoms with Crippen LogP contribution in [0.15, 0.2) is 24.3 Å². The molecule has 19 heavy (non-hydrogen) atoms. The second-order valence-electron chi connectivity index (χ2n) is 4.10. The SMILES string of the molecule is CC(=O)Oc1ccc(C2SCC(=O)N2CCBr)cc1. The van der Waals surface area contributed by atoms with E-state index in [1.165, 1.54) is 6.92 Å². The van der Waals surface area contributed by atoms with Crippen LogP contribution < -0.4 is 4.74 Å². The molecule has 4 nitrogen and oxygen atoms in total. The second kappa shape index (κ2) is 6.43. The molecule has 1 aliphatic rings. The molecule has 2 rings (SSSR count). The van der Waals surface area contributed by atoms with E-state index < -0.39 is 0 Å². The molecule has 0 aliphatic carbocycles. The molecule has 0 spiro atoms. The monoisotopic (exact) mass is 343 g/mol. The summed E-state index contributed by atoms with van der Waals surface area (Å²) < 4.78 is 4.99. The van der Waals surface area contributed by atoms with Gasteiger partial charge in [0.1, 0.15) is 11.1 Å². The zero-order valence-corrected chi connectivity index (χ0v) is 12.9. The average molecular weight is 344 g/mol. The quantitative estimate of drug-likeness (QED) is 0.479. The first-order valence-electron chi connectivity index (χ1n) is 5.87. The highest BCUT2D eigenvalue weighted by Crippen LogP contribution is 2.38. The molecular formula is C13H14BrNO3S. The third kappa shape index (κ3) is 3.51. The lowest BCUT2D eigenvalue weighted by molar-refractivity contribution is -0.132. The third-order valence-corrected chi connectivity index (χ3v) is 4.33. The minimum atomic E-state index is -0.334. The van der Waals surface area contributed by atoms with Gasteiger partial charge in [0.05, 0.1) is 5.75 Å². The van der Waals surface area contributed by atoms with Gasteiger partial charge in [0, 0.05) is 18.8 Å². The Kier molecular flexibility index (Phi) is 4.87. The molecule has 1 fully saturated rings. The van der Waals surface area contributed by atoms with E-state index in [9.17, 15) is 9.59 Å². The number of ether oxygens (including phenoxy) is 1. The van der Waals surface area contributed by atoms with E-state index in [1.54, 1.807) is 23.9 Å². The molecule has 1 aromatic rings. The van der Waals surface area contributed by atoms with Crippen LogP contribution in [0.1, 0.15) is 17.9 Å². The molecule has 1 unspecified atom stereocenters. The van der Waals surface area contributed by atoms with E-state index >= 15 is 0 Å². The molecule has 1 aromatic carbocycles. The zero-order valence-electron chi connectivity index (χ0n) is 10.5. The molecule has 6 heteroatoms. The van der Waals surface area contributed by atoms with E-state index in [4.69, 9.17) is 4.74 Å². The van der Waals surface area contributed by atoms with Gasteiger partial charge in [-0.15, -0.1) is 11.8 Å². The van der Waals surface area contributed by atoms with Crippen molar-refractivity contribution in [2.75, 3.05) is 17.6 Å². The maximum Gasteiger partial charge on any atom is 0.308 e. The van der Waals surface area contributed by atoms with E-state index in [1.807, 2.05) is 17.0 Å². The average Bonchev–Trinajstić information content (AvgIpc) is 2.72. The number of alkyl halides is 1. The predicted octanol–water partition coefficient (Wildman–Crippen LogP) is 2.58. The van der Waals surface area contributed by atoms with Gasteiger partial charge < -0.3 is 9.64 Å². The maximum atomic E-state index is 11.8. The molecule has 0 N–H and O–H groups in total. The number of carbonyl (C=O) groups is 2. The smallest absolute Gasteiger partial charge is 0.308 e. The summed E-state index contributed by atoms with van der Waals surface area (Å²) in [5.41, 5.74) is 1.05. The van der Waals surface area contributed by atoms with Crippen molar-refractivity contribution in [3.05, 3.63) is 29.8 Å². The van der Waals surface area contributed by atoms with Crippen LogP contribution in [0.2, 0.25) is 0 Å². The fourth-order valence-electron chi connectivity index (χ4n) is 1.93. The van der Waals surface area contributed by atoms with Crippen molar-refractivity contribution in [1.29, 1.82) is 0 Å². The lowest BCUT2D eigenvalue weighted by Gasteiger charge is -2.23. The Balaban J connectivity index is 2.13. The summed E-state index contributed by atoms with van der Waals surface area (Å²) in [6.45, 7) is 2.07. The van der Waals surface area contributed by atoms with E-state index in [0.717, 1.165) is 10.9 Å². The Morgan fingerprint density at radius 1 is 1.47 bits per heavy atom.